The molecule has 1 saturated carbocycles. The van der Waals surface area contributed by atoms with Gasteiger partial charge in [0, 0.05) is 31.8 Å². The van der Waals surface area contributed by atoms with E-state index in [1.165, 1.54) is 0 Å². The third kappa shape index (κ3) is 2.53. The summed E-state index contributed by atoms with van der Waals surface area (Å²) in [6.45, 7) is 2.71. The molecule has 1 amide bonds. The number of rotatable bonds is 2. The number of aryl methyl sites for hydroxylation is 1. The number of aromatic nitrogens is 2. The minimum absolute atomic E-state index is 0.0456. The molecule has 20 heavy (non-hydrogen) atoms. The Balaban J connectivity index is 1.55. The van der Waals surface area contributed by atoms with Crippen LogP contribution in [0, 0.1) is 12.8 Å². The highest BCUT2D eigenvalue weighted by atomic mass is 19.3. The molecule has 1 aliphatic heterocycles. The summed E-state index contributed by atoms with van der Waals surface area (Å²) in [7, 11) is 0. The molecule has 1 aromatic heterocycles. The molecular weight excluding hydrogens is 268 g/mol. The zero-order chi connectivity index (χ0) is 14.3. The van der Waals surface area contributed by atoms with Gasteiger partial charge in [0.1, 0.15) is 0 Å². The van der Waals surface area contributed by atoms with E-state index in [4.69, 9.17) is 4.52 Å². The van der Waals surface area contributed by atoms with Crippen molar-refractivity contribution in [3.8, 4) is 0 Å². The van der Waals surface area contributed by atoms with E-state index < -0.39 is 11.8 Å². The molecule has 1 atom stereocenters. The van der Waals surface area contributed by atoms with E-state index in [9.17, 15) is 13.6 Å². The highest BCUT2D eigenvalue weighted by Gasteiger charge is 2.43. The first-order chi connectivity index (χ1) is 9.44. The van der Waals surface area contributed by atoms with Crippen LogP contribution in [0.25, 0.3) is 0 Å². The van der Waals surface area contributed by atoms with E-state index in [1.807, 2.05) is 0 Å². The van der Waals surface area contributed by atoms with Crippen molar-refractivity contribution in [2.45, 2.75) is 44.4 Å². The summed E-state index contributed by atoms with van der Waals surface area (Å²) < 4.78 is 31.7. The van der Waals surface area contributed by atoms with Gasteiger partial charge >= 0.3 is 0 Å². The topological polar surface area (TPSA) is 59.2 Å². The van der Waals surface area contributed by atoms with Gasteiger partial charge in [-0.05, 0) is 19.8 Å². The number of hydrogen-bond donors (Lipinski definition) is 0. The molecule has 1 unspecified atom stereocenters. The summed E-state index contributed by atoms with van der Waals surface area (Å²) in [6.07, 6.45) is 0.576. The third-order valence-electron chi connectivity index (χ3n) is 4.08. The van der Waals surface area contributed by atoms with Crippen LogP contribution in [0.3, 0.4) is 0 Å². The van der Waals surface area contributed by atoms with Crippen molar-refractivity contribution in [2.24, 2.45) is 5.92 Å². The number of halogens is 2. The molecule has 7 heteroatoms. The Morgan fingerprint density at radius 2 is 2.20 bits per heavy atom. The normalized spacial score (nSPS) is 26.4. The first kappa shape index (κ1) is 13.5. The maximum atomic E-state index is 13.3. The van der Waals surface area contributed by atoms with Crippen molar-refractivity contribution < 1.29 is 18.1 Å². The number of amides is 1. The van der Waals surface area contributed by atoms with E-state index >= 15 is 0 Å². The Morgan fingerprint density at radius 1 is 1.45 bits per heavy atom. The minimum atomic E-state index is -2.69. The van der Waals surface area contributed by atoms with Crippen molar-refractivity contribution in [3.05, 3.63) is 11.7 Å². The fraction of sp³-hybridized carbons (Fsp3) is 0.769. The quantitative estimate of drug-likeness (QED) is 0.835. The molecule has 0 bridgehead atoms. The second-order valence-corrected chi connectivity index (χ2v) is 5.77. The Bertz CT molecular complexity index is 511. The lowest BCUT2D eigenvalue weighted by atomic mass is 9.84. The number of alkyl halides is 2. The molecule has 0 aromatic carbocycles. The van der Waals surface area contributed by atoms with Gasteiger partial charge in [0.2, 0.25) is 17.7 Å². The summed E-state index contributed by atoms with van der Waals surface area (Å²) in [5.74, 6) is -2.24. The zero-order valence-corrected chi connectivity index (χ0v) is 11.3. The molecule has 0 radical (unpaired) electrons. The summed E-state index contributed by atoms with van der Waals surface area (Å²) >= 11 is 0. The Morgan fingerprint density at radius 3 is 2.80 bits per heavy atom. The van der Waals surface area contributed by atoms with Gasteiger partial charge in [-0.2, -0.15) is 4.98 Å². The largest absolute Gasteiger partial charge is 0.341 e. The predicted octanol–water partition coefficient (Wildman–Crippen LogP) is 2.13. The van der Waals surface area contributed by atoms with Crippen LogP contribution < -0.4 is 0 Å². The zero-order valence-electron chi connectivity index (χ0n) is 11.3. The van der Waals surface area contributed by atoms with Crippen LogP contribution in [0.1, 0.15) is 43.3 Å². The number of likely N-dealkylation sites (tertiary alicyclic amines) is 1. The molecule has 110 valence electrons. The average molecular weight is 285 g/mol. The summed E-state index contributed by atoms with van der Waals surface area (Å²) in [4.78, 5) is 17.9. The van der Waals surface area contributed by atoms with Gasteiger partial charge in [-0.15, -0.1) is 0 Å². The van der Waals surface area contributed by atoms with Crippen LogP contribution in [0.5, 0.6) is 0 Å². The van der Waals surface area contributed by atoms with E-state index in [-0.39, 0.29) is 24.7 Å². The van der Waals surface area contributed by atoms with Gasteiger partial charge in [-0.25, -0.2) is 8.78 Å². The highest BCUT2D eigenvalue weighted by molar-refractivity contribution is 5.80. The monoisotopic (exact) mass is 285 g/mol. The van der Waals surface area contributed by atoms with Crippen molar-refractivity contribution in [2.75, 3.05) is 13.1 Å². The van der Waals surface area contributed by atoms with E-state index in [0.29, 0.717) is 37.6 Å². The maximum absolute atomic E-state index is 13.3. The summed E-state index contributed by atoms with van der Waals surface area (Å²) in [5, 5.41) is 3.71. The molecule has 1 saturated heterocycles. The number of carbonyl (C=O) groups excluding carboxylic acids is 1. The second kappa shape index (κ2) is 4.79. The number of carbonyl (C=O) groups is 1. The van der Waals surface area contributed by atoms with Crippen molar-refractivity contribution in [1.29, 1.82) is 0 Å². The molecule has 2 heterocycles. The van der Waals surface area contributed by atoms with Crippen molar-refractivity contribution in [3.63, 3.8) is 0 Å². The lowest BCUT2D eigenvalue weighted by Gasteiger charge is -2.40. The fourth-order valence-corrected chi connectivity index (χ4v) is 2.93. The molecular formula is C13H17F2N3O2. The van der Waals surface area contributed by atoms with Crippen LogP contribution in [0.15, 0.2) is 4.52 Å². The van der Waals surface area contributed by atoms with Crippen LogP contribution >= 0.6 is 0 Å². The Labute approximate surface area is 115 Å². The van der Waals surface area contributed by atoms with Crippen molar-refractivity contribution >= 4 is 5.91 Å². The van der Waals surface area contributed by atoms with Gasteiger partial charge in [-0.1, -0.05) is 5.16 Å². The SMILES string of the molecule is Cc1noc(C2CN(C(=O)C3CCCC(F)(F)C3)C2)n1. The molecule has 0 N–H and O–H groups in total. The summed E-state index contributed by atoms with van der Waals surface area (Å²) in [6, 6.07) is 0. The first-order valence-corrected chi connectivity index (χ1v) is 6.91. The van der Waals surface area contributed by atoms with Crippen molar-refractivity contribution in [1.82, 2.24) is 15.0 Å². The molecule has 1 aliphatic carbocycles. The number of nitrogens with zero attached hydrogens (tertiary/aromatic N) is 3. The standard InChI is InChI=1S/C13H17F2N3O2/c1-8-16-11(20-17-8)10-6-18(7-10)12(19)9-3-2-4-13(14,15)5-9/h9-10H,2-7H2,1H3. The second-order valence-electron chi connectivity index (χ2n) is 5.77. The summed E-state index contributed by atoms with van der Waals surface area (Å²) in [5.41, 5.74) is 0. The molecule has 2 aliphatic rings. The van der Waals surface area contributed by atoms with Gasteiger partial charge in [0.25, 0.3) is 0 Å². The minimum Gasteiger partial charge on any atom is -0.341 e. The van der Waals surface area contributed by atoms with Gasteiger partial charge in [-0.3, -0.25) is 4.79 Å². The smallest absolute Gasteiger partial charge is 0.248 e. The Kier molecular flexibility index (Phi) is 3.22. The molecule has 0 spiro atoms. The van der Waals surface area contributed by atoms with E-state index in [2.05, 4.69) is 10.1 Å². The average Bonchev–Trinajstić information content (AvgIpc) is 2.72. The van der Waals surface area contributed by atoms with Gasteiger partial charge in [0.15, 0.2) is 5.82 Å². The van der Waals surface area contributed by atoms with Crippen LogP contribution in [0.2, 0.25) is 0 Å². The predicted molar refractivity (Wildman–Crippen MR) is 65.3 cm³/mol. The highest BCUT2D eigenvalue weighted by Crippen LogP contribution is 2.38. The van der Waals surface area contributed by atoms with Crippen LogP contribution in [0.4, 0.5) is 8.78 Å². The first-order valence-electron chi connectivity index (χ1n) is 6.91. The lowest BCUT2D eigenvalue weighted by molar-refractivity contribution is -0.147. The van der Waals surface area contributed by atoms with Crippen LogP contribution in [-0.2, 0) is 4.79 Å². The van der Waals surface area contributed by atoms with Gasteiger partial charge in [0.05, 0.1) is 5.92 Å². The number of hydrogen-bond acceptors (Lipinski definition) is 4. The molecule has 3 rings (SSSR count). The van der Waals surface area contributed by atoms with Gasteiger partial charge < -0.3 is 9.42 Å². The van der Waals surface area contributed by atoms with Crippen LogP contribution in [-0.4, -0.2) is 40.0 Å². The maximum Gasteiger partial charge on any atom is 0.248 e. The third-order valence-corrected chi connectivity index (χ3v) is 4.08. The molecule has 2 fully saturated rings. The Hall–Kier alpha value is -1.53. The van der Waals surface area contributed by atoms with E-state index in [1.54, 1.807) is 11.8 Å². The molecule has 5 nitrogen and oxygen atoms in total. The molecule has 1 aromatic rings. The fourth-order valence-electron chi connectivity index (χ4n) is 2.93. The lowest BCUT2D eigenvalue weighted by Crippen LogP contribution is -2.52. The van der Waals surface area contributed by atoms with E-state index in [0.717, 1.165) is 0 Å².